The lowest BCUT2D eigenvalue weighted by molar-refractivity contribution is 0.163. The van der Waals surface area contributed by atoms with E-state index in [4.69, 9.17) is 28.9 Å². The highest BCUT2D eigenvalue weighted by atomic mass is 35.5. The number of thiocarbonyl (C=S) groups is 1. The van der Waals surface area contributed by atoms with Crippen LogP contribution in [0.1, 0.15) is 5.56 Å². The fraction of sp³-hybridized carbons (Fsp3) is 0.364. The molecule has 2 aromatic carbocycles. The first kappa shape index (κ1) is 19.9. The van der Waals surface area contributed by atoms with Crippen LogP contribution in [0.15, 0.2) is 53.6 Å². The van der Waals surface area contributed by atoms with Gasteiger partial charge >= 0.3 is 0 Å². The van der Waals surface area contributed by atoms with Crippen LogP contribution in [0.4, 0.5) is 10.1 Å². The van der Waals surface area contributed by atoms with E-state index >= 15 is 0 Å². The first-order valence-corrected chi connectivity index (χ1v) is 10.9. The number of nitrogens with one attached hydrogen (secondary N) is 2. The first-order chi connectivity index (χ1) is 14.5. The Morgan fingerprint density at radius 2 is 1.80 bits per heavy atom. The number of anilines is 1. The van der Waals surface area contributed by atoms with Crippen molar-refractivity contribution < 1.29 is 4.39 Å². The van der Waals surface area contributed by atoms with Gasteiger partial charge in [0.25, 0.3) is 0 Å². The zero-order valence-electron chi connectivity index (χ0n) is 16.4. The number of hydrogen-bond donors (Lipinski definition) is 2. The van der Waals surface area contributed by atoms with Gasteiger partial charge in [-0.3, -0.25) is 5.43 Å². The van der Waals surface area contributed by atoms with Crippen molar-refractivity contribution in [2.24, 2.45) is 11.0 Å². The van der Waals surface area contributed by atoms with Crippen molar-refractivity contribution in [3.63, 3.8) is 0 Å². The number of rotatable bonds is 3. The molecule has 4 bridgehead atoms. The predicted molar refractivity (Wildman–Crippen MR) is 123 cm³/mol. The number of piperidine rings is 2. The summed E-state index contributed by atoms with van der Waals surface area (Å²) in [5.74, 6) is -0.0911. The van der Waals surface area contributed by atoms with Gasteiger partial charge in [0.2, 0.25) is 0 Å². The van der Waals surface area contributed by atoms with E-state index in [0.29, 0.717) is 16.7 Å². The van der Waals surface area contributed by atoms with Gasteiger partial charge in [-0.2, -0.15) is 5.10 Å². The minimum absolute atomic E-state index is 0.0533. The molecule has 2 unspecified atom stereocenters. The number of benzene rings is 2. The molecule has 0 aliphatic carbocycles. The van der Waals surface area contributed by atoms with Crippen molar-refractivity contribution in [1.82, 2.24) is 15.2 Å². The van der Waals surface area contributed by atoms with E-state index in [1.54, 1.807) is 6.07 Å². The van der Waals surface area contributed by atoms with Crippen LogP contribution in [0.25, 0.3) is 0 Å². The Balaban J connectivity index is 1.42. The third-order valence-electron chi connectivity index (χ3n) is 6.34. The van der Waals surface area contributed by atoms with Crippen molar-refractivity contribution in [1.29, 1.82) is 0 Å². The molecule has 4 aliphatic rings. The van der Waals surface area contributed by atoms with Gasteiger partial charge in [0, 0.05) is 50.9 Å². The summed E-state index contributed by atoms with van der Waals surface area (Å²) in [6.45, 7) is 6.21. The van der Waals surface area contributed by atoms with Crippen LogP contribution < -0.4 is 10.7 Å². The standard InChI is InChI=1S/C22H23ClFN5S/c23-18-10-17(6-7-19(18)24)25-21(30)27-26-20-15-11-28-8-9-29(12-15)14-22(20,13-28)16-4-2-1-3-5-16/h1-7,10,15H,8-9,11-14H2,(H2,25,27,30)/b26-20+. The second kappa shape index (κ2) is 7.89. The van der Waals surface area contributed by atoms with E-state index in [0.717, 1.165) is 39.3 Å². The highest BCUT2D eigenvalue weighted by molar-refractivity contribution is 7.80. The average molecular weight is 444 g/mol. The monoisotopic (exact) mass is 443 g/mol. The van der Waals surface area contributed by atoms with Gasteiger partial charge in [-0.25, -0.2) is 4.39 Å². The van der Waals surface area contributed by atoms with Gasteiger partial charge in [0.1, 0.15) is 5.82 Å². The third kappa shape index (κ3) is 3.60. The van der Waals surface area contributed by atoms with Gasteiger partial charge in [0.05, 0.1) is 16.1 Å². The van der Waals surface area contributed by atoms with Crippen molar-refractivity contribution in [3.05, 3.63) is 64.9 Å². The van der Waals surface area contributed by atoms with E-state index in [1.807, 2.05) is 0 Å². The van der Waals surface area contributed by atoms with Gasteiger partial charge in [-0.1, -0.05) is 41.9 Å². The zero-order chi connectivity index (χ0) is 20.7. The maximum absolute atomic E-state index is 13.4. The second-order valence-corrected chi connectivity index (χ2v) is 9.12. The molecule has 0 spiro atoms. The molecule has 4 fully saturated rings. The highest BCUT2D eigenvalue weighted by Crippen LogP contribution is 2.41. The molecule has 0 amide bonds. The fourth-order valence-electron chi connectivity index (χ4n) is 5.10. The number of nitrogens with zero attached hydrogens (tertiary/aromatic N) is 3. The summed E-state index contributed by atoms with van der Waals surface area (Å²) < 4.78 is 13.4. The summed E-state index contributed by atoms with van der Waals surface area (Å²) in [6, 6.07) is 15.1. The predicted octanol–water partition coefficient (Wildman–Crippen LogP) is 3.32. The van der Waals surface area contributed by atoms with Crippen LogP contribution in [0, 0.1) is 11.7 Å². The topological polar surface area (TPSA) is 42.9 Å². The Morgan fingerprint density at radius 1 is 1.10 bits per heavy atom. The number of halogens is 2. The van der Waals surface area contributed by atoms with E-state index in [2.05, 4.69) is 50.9 Å². The Morgan fingerprint density at radius 3 is 2.47 bits per heavy atom. The molecule has 0 radical (unpaired) electrons. The molecule has 4 heterocycles. The molecule has 8 heteroatoms. The smallest absolute Gasteiger partial charge is 0.191 e. The molecule has 30 heavy (non-hydrogen) atoms. The molecule has 156 valence electrons. The van der Waals surface area contributed by atoms with Crippen LogP contribution >= 0.6 is 23.8 Å². The molecule has 6 rings (SSSR count). The lowest BCUT2D eigenvalue weighted by Gasteiger charge is -2.50. The molecule has 2 atom stereocenters. The van der Waals surface area contributed by atoms with Crippen molar-refractivity contribution in [2.75, 3.05) is 44.6 Å². The lowest BCUT2D eigenvalue weighted by Crippen LogP contribution is -2.64. The molecule has 4 aliphatic heterocycles. The van der Waals surface area contributed by atoms with Gasteiger partial charge < -0.3 is 15.1 Å². The molecule has 2 N–H and O–H groups in total. The van der Waals surface area contributed by atoms with Crippen LogP contribution in [0.2, 0.25) is 5.02 Å². The summed E-state index contributed by atoms with van der Waals surface area (Å²) >= 11 is 11.3. The molecule has 2 aromatic rings. The lowest BCUT2D eigenvalue weighted by atomic mass is 9.66. The maximum atomic E-state index is 13.4. The largest absolute Gasteiger partial charge is 0.331 e. The molecular weight excluding hydrogens is 421 g/mol. The van der Waals surface area contributed by atoms with Crippen LogP contribution in [-0.2, 0) is 5.41 Å². The van der Waals surface area contributed by atoms with Crippen molar-refractivity contribution in [3.8, 4) is 0 Å². The Kier molecular flexibility index (Phi) is 5.23. The number of hydrogen-bond acceptors (Lipinski definition) is 4. The molecule has 0 saturated carbocycles. The summed E-state index contributed by atoms with van der Waals surface area (Å²) in [4.78, 5) is 5.14. The van der Waals surface area contributed by atoms with Gasteiger partial charge in [-0.15, -0.1) is 0 Å². The van der Waals surface area contributed by atoms with E-state index in [1.165, 1.54) is 23.4 Å². The first-order valence-electron chi connectivity index (χ1n) is 10.1. The molecular formula is C22H23ClFN5S. The number of fused-ring (bicyclic) bond motifs is 1. The zero-order valence-corrected chi connectivity index (χ0v) is 18.0. The fourth-order valence-corrected chi connectivity index (χ4v) is 5.45. The Labute approximate surface area is 185 Å². The number of hydrazone groups is 1. The summed E-state index contributed by atoms with van der Waals surface area (Å²) in [5, 5.41) is 8.31. The summed E-state index contributed by atoms with van der Waals surface area (Å²) in [6.07, 6.45) is 0. The van der Waals surface area contributed by atoms with Crippen LogP contribution in [0.5, 0.6) is 0 Å². The Bertz CT molecular complexity index is 982. The van der Waals surface area contributed by atoms with Crippen LogP contribution in [-0.4, -0.2) is 59.9 Å². The van der Waals surface area contributed by atoms with Crippen molar-refractivity contribution >= 4 is 40.3 Å². The SMILES string of the molecule is Fc1ccc(NC(=S)N/N=C2\C3CN4CCN(C3)CC2(c2ccccc2)C4)cc1Cl. The molecule has 4 saturated heterocycles. The van der Waals surface area contributed by atoms with E-state index in [-0.39, 0.29) is 10.4 Å². The molecule has 5 nitrogen and oxygen atoms in total. The maximum Gasteiger partial charge on any atom is 0.191 e. The minimum atomic E-state index is -0.458. The normalized spacial score (nSPS) is 30.9. The van der Waals surface area contributed by atoms with E-state index < -0.39 is 5.82 Å². The van der Waals surface area contributed by atoms with Gasteiger partial charge in [0.15, 0.2) is 5.11 Å². The van der Waals surface area contributed by atoms with Gasteiger partial charge in [-0.05, 0) is 36.0 Å². The molecule has 0 aromatic heterocycles. The highest BCUT2D eigenvalue weighted by Gasteiger charge is 2.53. The third-order valence-corrected chi connectivity index (χ3v) is 6.82. The minimum Gasteiger partial charge on any atom is -0.331 e. The summed E-state index contributed by atoms with van der Waals surface area (Å²) in [5.41, 5.74) is 6.00. The summed E-state index contributed by atoms with van der Waals surface area (Å²) in [7, 11) is 0. The van der Waals surface area contributed by atoms with Crippen molar-refractivity contribution in [2.45, 2.75) is 5.41 Å². The quantitative estimate of drug-likeness (QED) is 0.562. The average Bonchev–Trinajstić information content (AvgIpc) is 2.99. The second-order valence-electron chi connectivity index (χ2n) is 8.31. The van der Waals surface area contributed by atoms with Crippen LogP contribution in [0.3, 0.4) is 0 Å². The van der Waals surface area contributed by atoms with E-state index in [9.17, 15) is 4.39 Å². The Hall–Kier alpha value is -2.06.